The van der Waals surface area contributed by atoms with Gasteiger partial charge < -0.3 is 14.8 Å². The lowest BCUT2D eigenvalue weighted by Gasteiger charge is -2.25. The molecule has 3 aliphatic rings. The Bertz CT molecular complexity index is 1060. The standard InChI is InChI=1S/C25H28N4O2/c1-3-19(21-7-8-26-14-21)4-2-18(1)20-5-6-23-24(13-20)31-17-25-27-22(16-29(23)25)15-28-9-11-30-12-10-28/h1-6,13,16,21,26H,7-12,14-15,17H2. The summed E-state index contributed by atoms with van der Waals surface area (Å²) in [7, 11) is 0. The van der Waals surface area contributed by atoms with Crippen LogP contribution < -0.4 is 10.1 Å². The van der Waals surface area contributed by atoms with Gasteiger partial charge in [0.2, 0.25) is 0 Å². The van der Waals surface area contributed by atoms with Gasteiger partial charge in [-0.05, 0) is 47.7 Å². The molecule has 2 saturated heterocycles. The zero-order valence-corrected chi connectivity index (χ0v) is 17.7. The van der Waals surface area contributed by atoms with E-state index in [1.54, 1.807) is 0 Å². The van der Waals surface area contributed by atoms with Gasteiger partial charge in [-0.25, -0.2) is 4.98 Å². The first-order chi connectivity index (χ1) is 15.3. The Kier molecular flexibility index (Phi) is 4.98. The van der Waals surface area contributed by atoms with Gasteiger partial charge >= 0.3 is 0 Å². The van der Waals surface area contributed by atoms with Crippen molar-refractivity contribution in [1.82, 2.24) is 19.8 Å². The molecule has 6 nitrogen and oxygen atoms in total. The van der Waals surface area contributed by atoms with E-state index in [9.17, 15) is 0 Å². The number of morpholine rings is 1. The molecule has 6 heteroatoms. The average molecular weight is 417 g/mol. The van der Waals surface area contributed by atoms with Gasteiger partial charge in [-0.3, -0.25) is 9.47 Å². The molecular weight excluding hydrogens is 388 g/mol. The highest BCUT2D eigenvalue weighted by Crippen LogP contribution is 2.35. The Hall–Kier alpha value is -2.67. The number of hydrogen-bond acceptors (Lipinski definition) is 5. The third-order valence-electron chi connectivity index (χ3n) is 6.67. The molecule has 1 aromatic heterocycles. The number of imidazole rings is 1. The summed E-state index contributed by atoms with van der Waals surface area (Å²) in [5, 5.41) is 3.45. The Balaban J connectivity index is 1.23. The molecule has 160 valence electrons. The fraction of sp³-hybridized carbons (Fsp3) is 0.400. The van der Waals surface area contributed by atoms with Crippen LogP contribution in [0.5, 0.6) is 5.75 Å². The highest BCUT2D eigenvalue weighted by molar-refractivity contribution is 5.69. The number of ether oxygens (including phenoxy) is 2. The van der Waals surface area contributed by atoms with Gasteiger partial charge in [-0.1, -0.05) is 30.3 Å². The van der Waals surface area contributed by atoms with Gasteiger partial charge in [0.15, 0.2) is 5.82 Å². The third-order valence-corrected chi connectivity index (χ3v) is 6.67. The minimum absolute atomic E-state index is 0.507. The van der Waals surface area contributed by atoms with E-state index in [1.807, 2.05) is 0 Å². The van der Waals surface area contributed by atoms with Crippen molar-refractivity contribution in [3.05, 3.63) is 65.7 Å². The van der Waals surface area contributed by atoms with Crippen LogP contribution in [0.1, 0.15) is 29.4 Å². The van der Waals surface area contributed by atoms with Gasteiger partial charge in [-0.2, -0.15) is 0 Å². The van der Waals surface area contributed by atoms with Crippen molar-refractivity contribution >= 4 is 0 Å². The topological polar surface area (TPSA) is 51.6 Å². The van der Waals surface area contributed by atoms with E-state index in [0.29, 0.717) is 12.5 Å². The minimum Gasteiger partial charge on any atom is -0.483 e. The lowest BCUT2D eigenvalue weighted by atomic mass is 9.95. The van der Waals surface area contributed by atoms with Crippen LogP contribution in [-0.2, 0) is 17.9 Å². The first-order valence-electron chi connectivity index (χ1n) is 11.3. The van der Waals surface area contributed by atoms with E-state index in [1.165, 1.54) is 23.1 Å². The van der Waals surface area contributed by atoms with E-state index >= 15 is 0 Å². The highest BCUT2D eigenvalue weighted by atomic mass is 16.5. The van der Waals surface area contributed by atoms with Gasteiger partial charge in [0.05, 0.1) is 24.6 Å². The second kappa shape index (κ2) is 8.11. The Morgan fingerprint density at radius 3 is 2.68 bits per heavy atom. The summed E-state index contributed by atoms with van der Waals surface area (Å²) >= 11 is 0. The molecule has 1 N–H and O–H groups in total. The summed E-state index contributed by atoms with van der Waals surface area (Å²) in [5.74, 6) is 2.54. The smallest absolute Gasteiger partial charge is 0.151 e. The molecule has 2 fully saturated rings. The van der Waals surface area contributed by atoms with Crippen molar-refractivity contribution in [2.45, 2.75) is 25.5 Å². The first-order valence-corrected chi connectivity index (χ1v) is 11.3. The van der Waals surface area contributed by atoms with Gasteiger partial charge in [0.25, 0.3) is 0 Å². The van der Waals surface area contributed by atoms with Crippen LogP contribution in [0.4, 0.5) is 0 Å². The molecule has 31 heavy (non-hydrogen) atoms. The molecule has 2 aromatic carbocycles. The molecule has 0 spiro atoms. The molecule has 1 unspecified atom stereocenters. The van der Waals surface area contributed by atoms with Gasteiger partial charge in [0.1, 0.15) is 12.4 Å². The molecule has 0 bridgehead atoms. The van der Waals surface area contributed by atoms with Crippen molar-refractivity contribution in [3.8, 4) is 22.6 Å². The predicted molar refractivity (Wildman–Crippen MR) is 120 cm³/mol. The van der Waals surface area contributed by atoms with E-state index in [2.05, 4.69) is 63.4 Å². The SMILES string of the molecule is c1cc(C2CCNC2)ccc1-c1ccc2c(c1)OCc1nc(CN3CCOCC3)cn1-2. The highest BCUT2D eigenvalue weighted by Gasteiger charge is 2.22. The number of fused-ring (bicyclic) bond motifs is 3. The van der Waals surface area contributed by atoms with Crippen molar-refractivity contribution in [1.29, 1.82) is 0 Å². The van der Waals surface area contributed by atoms with Crippen LogP contribution in [0.15, 0.2) is 48.7 Å². The van der Waals surface area contributed by atoms with E-state index in [-0.39, 0.29) is 0 Å². The predicted octanol–water partition coefficient (Wildman–Crippen LogP) is 3.34. The number of benzene rings is 2. The number of nitrogens with zero attached hydrogens (tertiary/aromatic N) is 3. The molecule has 6 rings (SSSR count). The van der Waals surface area contributed by atoms with Crippen LogP contribution in [0.25, 0.3) is 16.8 Å². The second-order valence-corrected chi connectivity index (χ2v) is 8.69. The number of aromatic nitrogens is 2. The maximum atomic E-state index is 6.10. The zero-order chi connectivity index (χ0) is 20.6. The maximum Gasteiger partial charge on any atom is 0.151 e. The lowest BCUT2D eigenvalue weighted by molar-refractivity contribution is 0.0337. The number of rotatable bonds is 4. The summed E-state index contributed by atoms with van der Waals surface area (Å²) in [5.41, 5.74) is 6.00. The van der Waals surface area contributed by atoms with Gasteiger partial charge in [-0.15, -0.1) is 0 Å². The fourth-order valence-electron chi connectivity index (χ4n) is 4.88. The Morgan fingerprint density at radius 1 is 1.03 bits per heavy atom. The van der Waals surface area contributed by atoms with Crippen LogP contribution >= 0.6 is 0 Å². The fourth-order valence-corrected chi connectivity index (χ4v) is 4.88. The molecular formula is C25H28N4O2. The first kappa shape index (κ1) is 19.0. The second-order valence-electron chi connectivity index (χ2n) is 8.69. The van der Waals surface area contributed by atoms with Crippen molar-refractivity contribution in [2.75, 3.05) is 39.4 Å². The number of hydrogen-bond donors (Lipinski definition) is 1. The van der Waals surface area contributed by atoms with Gasteiger partial charge in [0, 0.05) is 32.4 Å². The third kappa shape index (κ3) is 3.76. The number of nitrogens with one attached hydrogen (secondary N) is 1. The largest absolute Gasteiger partial charge is 0.483 e. The molecule has 1 atom stereocenters. The van der Waals surface area contributed by atoms with Crippen LogP contribution in [-0.4, -0.2) is 53.8 Å². The quantitative estimate of drug-likeness (QED) is 0.707. The molecule has 0 radical (unpaired) electrons. The summed E-state index contributed by atoms with van der Waals surface area (Å²) in [6.45, 7) is 7.13. The summed E-state index contributed by atoms with van der Waals surface area (Å²) in [6.07, 6.45) is 3.39. The molecule has 3 aliphatic heterocycles. The van der Waals surface area contributed by atoms with E-state index < -0.39 is 0 Å². The lowest BCUT2D eigenvalue weighted by Crippen LogP contribution is -2.35. The molecule has 0 saturated carbocycles. The summed E-state index contributed by atoms with van der Waals surface area (Å²) < 4.78 is 13.7. The van der Waals surface area contributed by atoms with Crippen molar-refractivity contribution < 1.29 is 9.47 Å². The normalized spacial score (nSPS) is 20.8. The molecule has 0 aliphatic carbocycles. The van der Waals surface area contributed by atoms with Crippen molar-refractivity contribution in [3.63, 3.8) is 0 Å². The van der Waals surface area contributed by atoms with E-state index in [0.717, 1.165) is 68.9 Å². The average Bonchev–Trinajstić information content (AvgIpc) is 3.50. The Morgan fingerprint density at radius 2 is 1.87 bits per heavy atom. The monoisotopic (exact) mass is 416 g/mol. The van der Waals surface area contributed by atoms with Crippen LogP contribution in [0.2, 0.25) is 0 Å². The minimum atomic E-state index is 0.507. The molecule has 0 amide bonds. The van der Waals surface area contributed by atoms with E-state index in [4.69, 9.17) is 14.5 Å². The summed E-state index contributed by atoms with van der Waals surface area (Å²) in [6, 6.07) is 15.5. The zero-order valence-electron chi connectivity index (χ0n) is 17.7. The van der Waals surface area contributed by atoms with Crippen molar-refractivity contribution in [2.24, 2.45) is 0 Å². The van der Waals surface area contributed by atoms with Crippen LogP contribution in [0, 0.1) is 0 Å². The molecule has 4 heterocycles. The maximum absolute atomic E-state index is 6.10. The summed E-state index contributed by atoms with van der Waals surface area (Å²) in [4.78, 5) is 7.22. The van der Waals surface area contributed by atoms with Crippen LogP contribution in [0.3, 0.4) is 0 Å². The molecule has 3 aromatic rings. The Labute approximate surface area is 182 Å².